The number of aryl methyl sites for hydroxylation is 1. The number of carbonyl (C=O) groups is 2. The van der Waals surface area contributed by atoms with Crippen molar-refractivity contribution in [1.82, 2.24) is 10.6 Å². The van der Waals surface area contributed by atoms with Gasteiger partial charge in [-0.15, -0.1) is 0 Å². The lowest BCUT2D eigenvalue weighted by Crippen LogP contribution is -2.37. The fraction of sp³-hybridized carbons (Fsp3) is 0.300. The molecule has 0 radical (unpaired) electrons. The first-order valence-electron chi connectivity index (χ1n) is 8.44. The lowest BCUT2D eigenvalue weighted by molar-refractivity contribution is -0.120. The average molecular weight is 340 g/mol. The number of carbonyl (C=O) groups excluding carboxylic acids is 2. The van der Waals surface area contributed by atoms with Gasteiger partial charge in [-0.3, -0.25) is 9.59 Å². The van der Waals surface area contributed by atoms with E-state index in [-0.39, 0.29) is 18.4 Å². The van der Waals surface area contributed by atoms with E-state index in [1.807, 2.05) is 49.4 Å². The van der Waals surface area contributed by atoms with Crippen LogP contribution in [-0.2, 0) is 4.79 Å². The maximum Gasteiger partial charge on any atom is 0.251 e. The van der Waals surface area contributed by atoms with Crippen LogP contribution >= 0.6 is 0 Å². The molecule has 0 aliphatic heterocycles. The lowest BCUT2D eigenvalue weighted by Gasteiger charge is -2.08. The van der Waals surface area contributed by atoms with Gasteiger partial charge < -0.3 is 15.4 Å². The number of nitrogens with one attached hydrogen (secondary N) is 2. The fourth-order valence-electron chi connectivity index (χ4n) is 2.19. The van der Waals surface area contributed by atoms with Crippen molar-refractivity contribution in [3.8, 4) is 5.75 Å². The Morgan fingerprint density at radius 1 is 0.920 bits per heavy atom. The topological polar surface area (TPSA) is 67.4 Å². The van der Waals surface area contributed by atoms with Gasteiger partial charge in [0.25, 0.3) is 5.91 Å². The molecule has 0 heterocycles. The number of hydrogen-bond acceptors (Lipinski definition) is 3. The third-order valence-electron chi connectivity index (χ3n) is 3.63. The molecule has 2 aromatic carbocycles. The Morgan fingerprint density at radius 2 is 1.64 bits per heavy atom. The monoisotopic (exact) mass is 340 g/mol. The van der Waals surface area contributed by atoms with E-state index >= 15 is 0 Å². The first-order chi connectivity index (χ1) is 12.1. The maximum atomic E-state index is 11.9. The molecule has 2 aromatic rings. The van der Waals surface area contributed by atoms with Crippen molar-refractivity contribution in [1.29, 1.82) is 0 Å². The third kappa shape index (κ3) is 7.08. The van der Waals surface area contributed by atoms with E-state index in [4.69, 9.17) is 4.74 Å². The van der Waals surface area contributed by atoms with Crippen LogP contribution < -0.4 is 15.4 Å². The Kier molecular flexibility index (Phi) is 7.50. The number of unbranched alkanes of at least 4 members (excludes halogenated alkanes) is 1. The number of benzene rings is 2. The minimum Gasteiger partial charge on any atom is -0.494 e. The van der Waals surface area contributed by atoms with Crippen LogP contribution in [0.3, 0.4) is 0 Å². The minimum absolute atomic E-state index is 0.0206. The molecule has 5 heteroatoms. The van der Waals surface area contributed by atoms with Crippen LogP contribution in [0, 0.1) is 6.92 Å². The molecular weight excluding hydrogens is 316 g/mol. The van der Waals surface area contributed by atoms with Crippen molar-refractivity contribution in [2.45, 2.75) is 19.8 Å². The summed E-state index contributed by atoms with van der Waals surface area (Å²) in [4.78, 5) is 23.6. The lowest BCUT2D eigenvalue weighted by atomic mass is 10.1. The van der Waals surface area contributed by atoms with Crippen LogP contribution in [-0.4, -0.2) is 31.5 Å². The Balaban J connectivity index is 1.53. The highest BCUT2D eigenvalue weighted by Crippen LogP contribution is 2.08. The van der Waals surface area contributed by atoms with E-state index in [9.17, 15) is 9.59 Å². The van der Waals surface area contributed by atoms with Gasteiger partial charge in [-0.1, -0.05) is 35.9 Å². The molecular formula is C20H24N2O3. The molecule has 0 atom stereocenters. The first-order valence-corrected chi connectivity index (χ1v) is 8.44. The number of amides is 2. The second-order valence-electron chi connectivity index (χ2n) is 5.77. The van der Waals surface area contributed by atoms with Crippen molar-refractivity contribution in [3.05, 3.63) is 65.7 Å². The minimum atomic E-state index is -0.244. The number of rotatable bonds is 9. The van der Waals surface area contributed by atoms with Crippen molar-refractivity contribution in [2.75, 3.05) is 19.7 Å². The van der Waals surface area contributed by atoms with Gasteiger partial charge in [-0.2, -0.15) is 0 Å². The summed E-state index contributed by atoms with van der Waals surface area (Å²) in [5.74, 6) is 0.418. The van der Waals surface area contributed by atoms with E-state index < -0.39 is 0 Å². The second-order valence-corrected chi connectivity index (χ2v) is 5.77. The number of ether oxygens (including phenoxy) is 1. The molecule has 2 amide bonds. The molecule has 2 rings (SSSR count). The average Bonchev–Trinajstić information content (AvgIpc) is 2.64. The van der Waals surface area contributed by atoms with Crippen LogP contribution in [0.25, 0.3) is 0 Å². The van der Waals surface area contributed by atoms with Crippen molar-refractivity contribution < 1.29 is 14.3 Å². The van der Waals surface area contributed by atoms with Gasteiger partial charge in [0.1, 0.15) is 5.75 Å². The van der Waals surface area contributed by atoms with E-state index in [0.717, 1.165) is 24.2 Å². The van der Waals surface area contributed by atoms with Crippen LogP contribution in [0.15, 0.2) is 54.6 Å². The molecule has 0 saturated carbocycles. The highest BCUT2D eigenvalue weighted by atomic mass is 16.5. The Hall–Kier alpha value is -2.82. The van der Waals surface area contributed by atoms with Crippen LogP contribution in [0.5, 0.6) is 5.75 Å². The standard InChI is InChI=1S/C20H24N2O3/c1-16-9-11-17(12-10-16)20(24)22-15-19(23)21-13-5-6-14-25-18-7-3-2-4-8-18/h2-4,7-12H,5-6,13-15H2,1H3,(H,21,23)(H,22,24). The largest absolute Gasteiger partial charge is 0.494 e. The molecule has 132 valence electrons. The Labute approximate surface area is 148 Å². The van der Waals surface area contributed by atoms with Crippen LogP contribution in [0.1, 0.15) is 28.8 Å². The Bertz CT molecular complexity index is 669. The summed E-state index contributed by atoms with van der Waals surface area (Å²) in [6.45, 7) is 3.12. The zero-order valence-electron chi connectivity index (χ0n) is 14.5. The molecule has 0 unspecified atom stereocenters. The van der Waals surface area contributed by atoms with Crippen LogP contribution in [0.2, 0.25) is 0 Å². The zero-order chi connectivity index (χ0) is 17.9. The van der Waals surface area contributed by atoms with Gasteiger partial charge in [-0.25, -0.2) is 0 Å². The molecule has 0 aliphatic carbocycles. The summed E-state index contributed by atoms with van der Waals surface area (Å²) in [6, 6.07) is 16.9. The molecule has 0 spiro atoms. The van der Waals surface area contributed by atoms with E-state index in [1.54, 1.807) is 12.1 Å². The molecule has 0 bridgehead atoms. The third-order valence-corrected chi connectivity index (χ3v) is 3.63. The van der Waals surface area contributed by atoms with Crippen molar-refractivity contribution in [3.63, 3.8) is 0 Å². The molecule has 0 aliphatic rings. The molecule has 0 aromatic heterocycles. The predicted molar refractivity (Wildman–Crippen MR) is 97.7 cm³/mol. The second kappa shape index (κ2) is 10.1. The quantitative estimate of drug-likeness (QED) is 0.690. The van der Waals surface area contributed by atoms with Gasteiger partial charge in [0.05, 0.1) is 13.2 Å². The summed E-state index contributed by atoms with van der Waals surface area (Å²) in [7, 11) is 0. The van der Waals surface area contributed by atoms with Crippen LogP contribution in [0.4, 0.5) is 0 Å². The summed E-state index contributed by atoms with van der Waals surface area (Å²) in [5.41, 5.74) is 1.64. The van der Waals surface area contributed by atoms with Gasteiger partial charge >= 0.3 is 0 Å². The summed E-state index contributed by atoms with van der Waals surface area (Å²) < 4.78 is 5.58. The molecule has 5 nitrogen and oxygen atoms in total. The van der Waals surface area contributed by atoms with Crippen molar-refractivity contribution in [2.24, 2.45) is 0 Å². The highest BCUT2D eigenvalue weighted by molar-refractivity contribution is 5.96. The van der Waals surface area contributed by atoms with E-state index in [1.165, 1.54) is 0 Å². The highest BCUT2D eigenvalue weighted by Gasteiger charge is 2.07. The van der Waals surface area contributed by atoms with E-state index in [0.29, 0.717) is 18.7 Å². The van der Waals surface area contributed by atoms with Gasteiger partial charge in [0.2, 0.25) is 5.91 Å². The van der Waals surface area contributed by atoms with Gasteiger partial charge in [0.15, 0.2) is 0 Å². The normalized spacial score (nSPS) is 10.1. The maximum absolute atomic E-state index is 11.9. The summed E-state index contributed by atoms with van der Waals surface area (Å²) in [5, 5.41) is 5.40. The SMILES string of the molecule is Cc1ccc(C(=O)NCC(=O)NCCCCOc2ccccc2)cc1. The smallest absolute Gasteiger partial charge is 0.251 e. The molecule has 2 N–H and O–H groups in total. The number of para-hydroxylation sites is 1. The molecule has 0 saturated heterocycles. The van der Waals surface area contributed by atoms with Gasteiger partial charge in [-0.05, 0) is 44.0 Å². The Morgan fingerprint density at radius 3 is 2.36 bits per heavy atom. The molecule has 0 fully saturated rings. The predicted octanol–water partition coefficient (Wildman–Crippen LogP) is 2.70. The summed E-state index contributed by atoms with van der Waals surface area (Å²) >= 11 is 0. The molecule has 25 heavy (non-hydrogen) atoms. The summed E-state index contributed by atoms with van der Waals surface area (Å²) in [6.07, 6.45) is 1.68. The van der Waals surface area contributed by atoms with Gasteiger partial charge in [0, 0.05) is 12.1 Å². The fourth-order valence-corrected chi connectivity index (χ4v) is 2.19. The number of hydrogen-bond donors (Lipinski definition) is 2. The zero-order valence-corrected chi connectivity index (χ0v) is 14.5. The first kappa shape index (κ1) is 18.5. The van der Waals surface area contributed by atoms with E-state index in [2.05, 4.69) is 10.6 Å². The van der Waals surface area contributed by atoms with Crippen molar-refractivity contribution >= 4 is 11.8 Å².